The fourth-order valence-electron chi connectivity index (χ4n) is 2.17. The fraction of sp³-hybridized carbons (Fsp3) is 0.333. The first-order valence-corrected chi connectivity index (χ1v) is 5.56. The molecule has 0 spiro atoms. The SMILES string of the molecule is Oc1cccc(-c2nnc3n2CCCC3)c1. The van der Waals surface area contributed by atoms with Crippen LogP contribution >= 0.6 is 0 Å². The van der Waals surface area contributed by atoms with Gasteiger partial charge < -0.3 is 9.67 Å². The second-order valence-corrected chi connectivity index (χ2v) is 4.10. The molecule has 3 rings (SSSR count). The molecule has 0 saturated heterocycles. The smallest absolute Gasteiger partial charge is 0.164 e. The average Bonchev–Trinajstić information content (AvgIpc) is 2.72. The van der Waals surface area contributed by atoms with E-state index < -0.39 is 0 Å². The number of aryl methyl sites for hydroxylation is 1. The molecule has 0 bridgehead atoms. The van der Waals surface area contributed by atoms with E-state index in [0.717, 1.165) is 30.2 Å². The number of benzene rings is 1. The Labute approximate surface area is 93.6 Å². The van der Waals surface area contributed by atoms with E-state index in [1.165, 1.54) is 12.8 Å². The highest BCUT2D eigenvalue weighted by molar-refractivity contribution is 5.57. The Morgan fingerprint density at radius 2 is 2.12 bits per heavy atom. The summed E-state index contributed by atoms with van der Waals surface area (Å²) in [6, 6.07) is 7.17. The highest BCUT2D eigenvalue weighted by Crippen LogP contribution is 2.25. The predicted octanol–water partition coefficient (Wildman–Crippen LogP) is 1.99. The maximum Gasteiger partial charge on any atom is 0.164 e. The molecular weight excluding hydrogens is 202 g/mol. The van der Waals surface area contributed by atoms with Crippen molar-refractivity contribution < 1.29 is 5.11 Å². The van der Waals surface area contributed by atoms with Crippen molar-refractivity contribution in [1.29, 1.82) is 0 Å². The number of hydrogen-bond donors (Lipinski definition) is 1. The number of aromatic hydroxyl groups is 1. The van der Waals surface area contributed by atoms with Gasteiger partial charge in [0.15, 0.2) is 5.82 Å². The van der Waals surface area contributed by atoms with Gasteiger partial charge in [-0.1, -0.05) is 12.1 Å². The Bertz CT molecular complexity index is 519. The van der Waals surface area contributed by atoms with Gasteiger partial charge in [0, 0.05) is 18.5 Å². The van der Waals surface area contributed by atoms with Crippen molar-refractivity contribution in [3.05, 3.63) is 30.1 Å². The molecule has 1 aromatic heterocycles. The van der Waals surface area contributed by atoms with Gasteiger partial charge in [-0.3, -0.25) is 0 Å². The Hall–Kier alpha value is -1.84. The molecule has 1 aromatic carbocycles. The number of hydrogen-bond acceptors (Lipinski definition) is 3. The fourth-order valence-corrected chi connectivity index (χ4v) is 2.17. The third-order valence-corrected chi connectivity index (χ3v) is 2.96. The summed E-state index contributed by atoms with van der Waals surface area (Å²) in [6.45, 7) is 0.979. The molecule has 4 heteroatoms. The number of nitrogens with zero attached hydrogens (tertiary/aromatic N) is 3. The number of phenols is 1. The quantitative estimate of drug-likeness (QED) is 0.791. The molecule has 1 aliphatic rings. The molecule has 4 nitrogen and oxygen atoms in total. The van der Waals surface area contributed by atoms with E-state index in [1.54, 1.807) is 12.1 Å². The molecule has 16 heavy (non-hydrogen) atoms. The van der Waals surface area contributed by atoms with Crippen molar-refractivity contribution in [2.75, 3.05) is 0 Å². The van der Waals surface area contributed by atoms with Crippen LogP contribution in [-0.4, -0.2) is 19.9 Å². The van der Waals surface area contributed by atoms with Crippen LogP contribution in [0, 0.1) is 0 Å². The van der Waals surface area contributed by atoms with Gasteiger partial charge in [0.2, 0.25) is 0 Å². The van der Waals surface area contributed by atoms with Crippen LogP contribution in [0.4, 0.5) is 0 Å². The minimum Gasteiger partial charge on any atom is -0.508 e. The monoisotopic (exact) mass is 215 g/mol. The molecule has 1 aliphatic heterocycles. The van der Waals surface area contributed by atoms with Crippen molar-refractivity contribution in [2.45, 2.75) is 25.8 Å². The van der Waals surface area contributed by atoms with Gasteiger partial charge in [-0.25, -0.2) is 0 Å². The van der Waals surface area contributed by atoms with E-state index in [1.807, 2.05) is 12.1 Å². The summed E-state index contributed by atoms with van der Waals surface area (Å²) < 4.78 is 2.15. The number of fused-ring (bicyclic) bond motifs is 1. The zero-order valence-electron chi connectivity index (χ0n) is 8.93. The molecule has 0 unspecified atom stereocenters. The highest BCUT2D eigenvalue weighted by atomic mass is 16.3. The lowest BCUT2D eigenvalue weighted by Crippen LogP contribution is -2.11. The van der Waals surface area contributed by atoms with E-state index in [-0.39, 0.29) is 5.75 Å². The van der Waals surface area contributed by atoms with Crippen molar-refractivity contribution in [2.24, 2.45) is 0 Å². The van der Waals surface area contributed by atoms with Crippen molar-refractivity contribution in [1.82, 2.24) is 14.8 Å². The van der Waals surface area contributed by atoms with Crippen molar-refractivity contribution in [3.63, 3.8) is 0 Å². The third-order valence-electron chi connectivity index (χ3n) is 2.96. The first kappa shape index (κ1) is 9.39. The standard InChI is InChI=1S/C12H13N3O/c16-10-5-3-4-9(8-10)12-14-13-11-6-1-2-7-15(11)12/h3-5,8,16H,1-2,6-7H2. The molecule has 82 valence electrons. The highest BCUT2D eigenvalue weighted by Gasteiger charge is 2.16. The molecule has 0 aliphatic carbocycles. The van der Waals surface area contributed by atoms with Crippen LogP contribution < -0.4 is 0 Å². The molecule has 0 atom stereocenters. The first-order valence-electron chi connectivity index (χ1n) is 5.56. The normalized spacial score (nSPS) is 14.8. The van der Waals surface area contributed by atoms with E-state index in [0.29, 0.717) is 0 Å². The second-order valence-electron chi connectivity index (χ2n) is 4.10. The van der Waals surface area contributed by atoms with E-state index in [4.69, 9.17) is 0 Å². The molecule has 0 amide bonds. The summed E-state index contributed by atoms with van der Waals surface area (Å²) >= 11 is 0. The Balaban J connectivity index is 2.09. The number of rotatable bonds is 1. The molecule has 0 saturated carbocycles. The van der Waals surface area contributed by atoms with Crippen LogP contribution in [0.1, 0.15) is 18.7 Å². The topological polar surface area (TPSA) is 50.9 Å². The summed E-state index contributed by atoms with van der Waals surface area (Å²) in [5.41, 5.74) is 0.931. The minimum atomic E-state index is 0.269. The predicted molar refractivity (Wildman–Crippen MR) is 60.1 cm³/mol. The van der Waals surface area contributed by atoms with Crippen molar-refractivity contribution in [3.8, 4) is 17.1 Å². The Morgan fingerprint density at radius 3 is 3.00 bits per heavy atom. The van der Waals surface area contributed by atoms with Crippen LogP contribution in [0.3, 0.4) is 0 Å². The number of aromatic nitrogens is 3. The van der Waals surface area contributed by atoms with Gasteiger partial charge in [0.25, 0.3) is 0 Å². The zero-order valence-corrected chi connectivity index (χ0v) is 8.93. The van der Waals surface area contributed by atoms with Gasteiger partial charge >= 0.3 is 0 Å². The van der Waals surface area contributed by atoms with Crippen LogP contribution in [0.25, 0.3) is 11.4 Å². The molecule has 2 heterocycles. The summed E-state index contributed by atoms with van der Waals surface area (Å²) in [5.74, 6) is 2.20. The molecule has 1 N–H and O–H groups in total. The second kappa shape index (κ2) is 3.63. The van der Waals surface area contributed by atoms with Gasteiger partial charge in [0.05, 0.1) is 0 Å². The summed E-state index contributed by atoms with van der Waals surface area (Å²) in [4.78, 5) is 0. The van der Waals surface area contributed by atoms with Crippen LogP contribution in [0.15, 0.2) is 24.3 Å². The lowest BCUT2D eigenvalue weighted by atomic mass is 10.1. The maximum absolute atomic E-state index is 9.46. The maximum atomic E-state index is 9.46. The number of phenolic OH excluding ortho intramolecular Hbond substituents is 1. The molecular formula is C12H13N3O. The lowest BCUT2D eigenvalue weighted by molar-refractivity contribution is 0.475. The van der Waals surface area contributed by atoms with Gasteiger partial charge in [-0.15, -0.1) is 10.2 Å². The molecule has 0 fully saturated rings. The van der Waals surface area contributed by atoms with Crippen LogP contribution in [0.5, 0.6) is 5.75 Å². The van der Waals surface area contributed by atoms with Gasteiger partial charge in [-0.2, -0.15) is 0 Å². The van der Waals surface area contributed by atoms with Gasteiger partial charge in [-0.05, 0) is 25.0 Å². The van der Waals surface area contributed by atoms with E-state index in [9.17, 15) is 5.11 Å². The Morgan fingerprint density at radius 1 is 1.19 bits per heavy atom. The minimum absolute atomic E-state index is 0.269. The summed E-state index contributed by atoms with van der Waals surface area (Å²) in [7, 11) is 0. The van der Waals surface area contributed by atoms with Crippen LogP contribution in [-0.2, 0) is 13.0 Å². The van der Waals surface area contributed by atoms with Crippen LogP contribution in [0.2, 0.25) is 0 Å². The van der Waals surface area contributed by atoms with E-state index >= 15 is 0 Å². The summed E-state index contributed by atoms with van der Waals surface area (Å²) in [6.07, 6.45) is 3.38. The Kier molecular flexibility index (Phi) is 2.13. The molecule has 2 aromatic rings. The van der Waals surface area contributed by atoms with Gasteiger partial charge in [0.1, 0.15) is 11.6 Å². The third kappa shape index (κ3) is 1.46. The first-order chi connectivity index (χ1) is 7.84. The average molecular weight is 215 g/mol. The van der Waals surface area contributed by atoms with E-state index in [2.05, 4.69) is 14.8 Å². The molecule has 0 radical (unpaired) electrons. The summed E-state index contributed by atoms with van der Waals surface area (Å²) in [5, 5.41) is 17.9. The van der Waals surface area contributed by atoms with Crippen molar-refractivity contribution >= 4 is 0 Å². The largest absolute Gasteiger partial charge is 0.508 e. The zero-order chi connectivity index (χ0) is 11.0. The lowest BCUT2D eigenvalue weighted by Gasteiger charge is -2.14.